The summed E-state index contributed by atoms with van der Waals surface area (Å²) in [4.78, 5) is 13.3. The highest BCUT2D eigenvalue weighted by Gasteiger charge is 2.06. The van der Waals surface area contributed by atoms with Gasteiger partial charge in [0.1, 0.15) is 0 Å². The second-order valence-corrected chi connectivity index (χ2v) is 4.44. The zero-order valence-corrected chi connectivity index (χ0v) is 11.8. The van der Waals surface area contributed by atoms with Gasteiger partial charge in [0.05, 0.1) is 19.1 Å². The van der Waals surface area contributed by atoms with E-state index in [2.05, 4.69) is 21.9 Å². The molecule has 0 amide bonds. The zero-order chi connectivity index (χ0) is 14.1. The summed E-state index contributed by atoms with van der Waals surface area (Å²) < 4.78 is 18.8. The molecule has 0 atom stereocenters. The van der Waals surface area contributed by atoms with Crippen molar-refractivity contribution in [2.24, 2.45) is 4.99 Å². The van der Waals surface area contributed by atoms with E-state index in [0.29, 0.717) is 6.61 Å². The van der Waals surface area contributed by atoms with Gasteiger partial charge in [-0.05, 0) is 6.42 Å². The number of halogens is 1. The van der Waals surface area contributed by atoms with Gasteiger partial charge < -0.3 is 9.64 Å². The predicted octanol–water partition coefficient (Wildman–Crippen LogP) is 2.80. The minimum absolute atomic E-state index is 0.00717. The Morgan fingerprint density at radius 1 is 1.37 bits per heavy atom. The lowest BCUT2D eigenvalue weighted by Gasteiger charge is -2.05. The molecule has 19 heavy (non-hydrogen) atoms. The van der Waals surface area contributed by atoms with Gasteiger partial charge in [0.15, 0.2) is 11.6 Å². The molecule has 0 aliphatic heterocycles. The fourth-order valence-electron chi connectivity index (χ4n) is 1.37. The molecule has 0 saturated heterocycles. The lowest BCUT2D eigenvalue weighted by atomic mass is 10.2. The van der Waals surface area contributed by atoms with Crippen LogP contribution in [0.4, 0.5) is 10.2 Å². The molecule has 0 fully saturated rings. The first-order valence-electron chi connectivity index (χ1n) is 6.49. The van der Waals surface area contributed by atoms with Gasteiger partial charge in [0.2, 0.25) is 0 Å². The monoisotopic (exact) mass is 268 g/mol. The lowest BCUT2D eigenvalue weighted by molar-refractivity contribution is 0.281. The minimum atomic E-state index is -0.559. The third-order valence-electron chi connectivity index (χ3n) is 2.34. The van der Waals surface area contributed by atoms with Gasteiger partial charge in [-0.15, -0.1) is 0 Å². The fraction of sp³-hybridized carbons (Fsp3) is 0.615. The van der Waals surface area contributed by atoms with E-state index in [9.17, 15) is 4.39 Å². The molecule has 106 valence electrons. The average molecular weight is 268 g/mol. The fourth-order valence-corrected chi connectivity index (χ4v) is 1.37. The quantitative estimate of drug-likeness (QED) is 0.413. The van der Waals surface area contributed by atoms with Crippen LogP contribution in [0, 0.1) is 5.82 Å². The molecule has 1 aromatic rings. The molecule has 1 aromatic heterocycles. The number of hydrogen-bond donors (Lipinski definition) is 0. The van der Waals surface area contributed by atoms with Crippen molar-refractivity contribution in [2.75, 3.05) is 20.7 Å². The van der Waals surface area contributed by atoms with Crippen LogP contribution in [-0.4, -0.2) is 41.9 Å². The van der Waals surface area contributed by atoms with E-state index in [1.807, 2.05) is 0 Å². The molecule has 0 radical (unpaired) electrons. The van der Waals surface area contributed by atoms with Crippen molar-refractivity contribution >= 4 is 12.2 Å². The molecule has 1 heterocycles. The second kappa shape index (κ2) is 8.39. The van der Waals surface area contributed by atoms with Crippen LogP contribution in [0.3, 0.4) is 0 Å². The Morgan fingerprint density at radius 2 is 2.16 bits per heavy atom. The van der Waals surface area contributed by atoms with Crippen LogP contribution >= 0.6 is 0 Å². The van der Waals surface area contributed by atoms with E-state index < -0.39 is 5.82 Å². The largest absolute Gasteiger partial charge is 0.463 e. The Balaban J connectivity index is 2.53. The maximum atomic E-state index is 13.4. The van der Waals surface area contributed by atoms with Crippen molar-refractivity contribution < 1.29 is 9.13 Å². The van der Waals surface area contributed by atoms with Crippen LogP contribution < -0.4 is 4.74 Å². The summed E-state index contributed by atoms with van der Waals surface area (Å²) in [6.45, 7) is 2.70. The molecule has 0 N–H and O–H groups in total. The maximum absolute atomic E-state index is 13.4. The summed E-state index contributed by atoms with van der Waals surface area (Å²) in [6.07, 6.45) is 6.99. The van der Waals surface area contributed by atoms with Crippen LogP contribution in [0.1, 0.15) is 32.6 Å². The van der Waals surface area contributed by atoms with Crippen LogP contribution in [0.25, 0.3) is 0 Å². The van der Waals surface area contributed by atoms with Crippen molar-refractivity contribution in [3.05, 3.63) is 12.0 Å². The molecule has 5 nitrogen and oxygen atoms in total. The second-order valence-electron chi connectivity index (χ2n) is 4.44. The predicted molar refractivity (Wildman–Crippen MR) is 73.5 cm³/mol. The molecule has 0 bridgehead atoms. The first kappa shape index (κ1) is 15.3. The first-order chi connectivity index (χ1) is 9.13. The molecule has 0 spiro atoms. The number of aromatic nitrogens is 2. The summed E-state index contributed by atoms with van der Waals surface area (Å²) in [5.74, 6) is -0.566. The highest BCUT2D eigenvalue weighted by molar-refractivity contribution is 5.59. The Bertz CT molecular complexity index is 410. The molecule has 1 rings (SSSR count). The third kappa shape index (κ3) is 6.13. The van der Waals surface area contributed by atoms with Gasteiger partial charge in [-0.1, -0.05) is 26.2 Å². The summed E-state index contributed by atoms with van der Waals surface area (Å²) in [7, 11) is 3.60. The van der Waals surface area contributed by atoms with Crippen LogP contribution in [-0.2, 0) is 0 Å². The number of hydrogen-bond acceptors (Lipinski definition) is 4. The van der Waals surface area contributed by atoms with E-state index in [1.54, 1.807) is 19.0 Å². The van der Waals surface area contributed by atoms with Crippen molar-refractivity contribution in [3.8, 4) is 6.01 Å². The number of nitrogens with zero attached hydrogens (tertiary/aromatic N) is 4. The lowest BCUT2D eigenvalue weighted by Crippen LogP contribution is -2.07. The van der Waals surface area contributed by atoms with E-state index in [4.69, 9.17) is 4.74 Å². The number of aliphatic imine (C=N–C) groups is 1. The van der Waals surface area contributed by atoms with Gasteiger partial charge in [-0.3, -0.25) is 0 Å². The van der Waals surface area contributed by atoms with Gasteiger partial charge in [0, 0.05) is 14.1 Å². The Morgan fingerprint density at radius 3 is 2.84 bits per heavy atom. The van der Waals surface area contributed by atoms with Crippen molar-refractivity contribution in [2.45, 2.75) is 32.6 Å². The van der Waals surface area contributed by atoms with Crippen LogP contribution in [0.5, 0.6) is 6.01 Å². The molecular weight excluding hydrogens is 247 g/mol. The first-order valence-corrected chi connectivity index (χ1v) is 6.49. The SMILES string of the molecule is CCCCCCOc1ncc(F)c(N=CN(C)C)n1. The van der Waals surface area contributed by atoms with E-state index in [0.717, 1.165) is 19.0 Å². The van der Waals surface area contributed by atoms with E-state index in [-0.39, 0.29) is 11.8 Å². The molecule has 6 heteroatoms. The number of ether oxygens (including phenoxy) is 1. The van der Waals surface area contributed by atoms with Crippen LogP contribution in [0.2, 0.25) is 0 Å². The highest BCUT2D eigenvalue weighted by atomic mass is 19.1. The van der Waals surface area contributed by atoms with E-state index in [1.165, 1.54) is 19.2 Å². The Kier molecular flexibility index (Phi) is 6.78. The zero-order valence-electron chi connectivity index (χ0n) is 11.8. The molecule has 0 unspecified atom stereocenters. The topological polar surface area (TPSA) is 50.6 Å². The molecule has 0 aliphatic carbocycles. The minimum Gasteiger partial charge on any atom is -0.463 e. The standard InChI is InChI=1S/C13H21FN4O/c1-4-5-6-7-8-19-13-15-9-11(14)12(17-13)16-10-18(2)3/h9-10H,4-8H2,1-3H3. The third-order valence-corrected chi connectivity index (χ3v) is 2.34. The van der Waals surface area contributed by atoms with Crippen molar-refractivity contribution in [3.63, 3.8) is 0 Å². The van der Waals surface area contributed by atoms with Crippen molar-refractivity contribution in [1.29, 1.82) is 0 Å². The van der Waals surface area contributed by atoms with Gasteiger partial charge in [0.25, 0.3) is 0 Å². The summed E-state index contributed by atoms with van der Waals surface area (Å²) in [5, 5.41) is 0. The number of unbranched alkanes of at least 4 members (excludes halogenated alkanes) is 3. The van der Waals surface area contributed by atoms with Gasteiger partial charge >= 0.3 is 6.01 Å². The Hall–Kier alpha value is -1.72. The molecule has 0 aromatic carbocycles. The molecule has 0 aliphatic rings. The summed E-state index contributed by atoms with van der Waals surface area (Å²) in [5.41, 5.74) is 0. The highest BCUT2D eigenvalue weighted by Crippen LogP contribution is 2.16. The van der Waals surface area contributed by atoms with Gasteiger partial charge in [-0.25, -0.2) is 14.4 Å². The molecule has 0 saturated carbocycles. The maximum Gasteiger partial charge on any atom is 0.318 e. The average Bonchev–Trinajstić information content (AvgIpc) is 2.38. The number of rotatable bonds is 8. The van der Waals surface area contributed by atoms with Gasteiger partial charge in [-0.2, -0.15) is 4.98 Å². The smallest absolute Gasteiger partial charge is 0.318 e. The Labute approximate surface area is 113 Å². The normalized spacial score (nSPS) is 10.9. The molecular formula is C13H21FN4O. The van der Waals surface area contributed by atoms with Crippen molar-refractivity contribution in [1.82, 2.24) is 14.9 Å². The van der Waals surface area contributed by atoms with Crippen LogP contribution in [0.15, 0.2) is 11.2 Å². The summed E-state index contributed by atoms with van der Waals surface area (Å²) in [6, 6.07) is 0.170. The van der Waals surface area contributed by atoms with E-state index >= 15 is 0 Å². The summed E-state index contributed by atoms with van der Waals surface area (Å²) >= 11 is 0.